The highest BCUT2D eigenvalue weighted by atomic mass is 19.1. The van der Waals surface area contributed by atoms with Crippen LogP contribution in [-0.4, -0.2) is 38.2 Å². The van der Waals surface area contributed by atoms with Gasteiger partial charge in [0.25, 0.3) is 0 Å². The van der Waals surface area contributed by atoms with Crippen LogP contribution in [0.4, 0.5) is 4.39 Å². The fourth-order valence-corrected chi connectivity index (χ4v) is 4.29. The minimum absolute atomic E-state index is 0.104. The topological polar surface area (TPSA) is 98.4 Å². The lowest BCUT2D eigenvalue weighted by molar-refractivity contribution is -0.307. The number of carboxylic acid groups (broad SMARTS) is 1. The Bertz CT molecular complexity index is 922. The number of halogens is 1. The molecule has 3 rings (SSSR count). The second kappa shape index (κ2) is 10.2. The maximum atomic E-state index is 13.5. The molecule has 0 aliphatic heterocycles. The summed E-state index contributed by atoms with van der Waals surface area (Å²) in [6.07, 6.45) is 4.52. The summed E-state index contributed by atoms with van der Waals surface area (Å²) in [5.41, 5.74) is 3.73. The lowest BCUT2D eigenvalue weighted by Gasteiger charge is -2.26. The molecule has 1 aliphatic carbocycles. The molecule has 168 valence electrons. The third-order valence-electron chi connectivity index (χ3n) is 6.14. The molecule has 6 nitrogen and oxygen atoms in total. The van der Waals surface area contributed by atoms with Crippen molar-refractivity contribution in [3.8, 4) is 5.69 Å². The number of hydrogen-bond acceptors (Lipinski definition) is 5. The molecular formula is C24H30FN2O4-. The second-order valence-electron chi connectivity index (χ2n) is 8.41. The summed E-state index contributed by atoms with van der Waals surface area (Å²) in [6, 6.07) is 6.12. The predicted molar refractivity (Wildman–Crippen MR) is 114 cm³/mol. The average molecular weight is 430 g/mol. The zero-order valence-corrected chi connectivity index (χ0v) is 18.0. The average Bonchev–Trinajstić information content (AvgIpc) is 3.10. The zero-order chi connectivity index (χ0) is 22.5. The highest BCUT2D eigenvalue weighted by Gasteiger charge is 2.30. The van der Waals surface area contributed by atoms with Crippen molar-refractivity contribution >= 4 is 12.0 Å². The van der Waals surface area contributed by atoms with E-state index >= 15 is 0 Å². The van der Waals surface area contributed by atoms with Crippen LogP contribution in [0.3, 0.4) is 0 Å². The van der Waals surface area contributed by atoms with Gasteiger partial charge < -0.3 is 20.1 Å². The van der Waals surface area contributed by atoms with E-state index in [0.29, 0.717) is 11.8 Å². The number of aliphatic hydroxyl groups is 2. The lowest BCUT2D eigenvalue weighted by atomic mass is 9.78. The maximum Gasteiger partial charge on any atom is 0.123 e. The Hall–Kier alpha value is -2.51. The summed E-state index contributed by atoms with van der Waals surface area (Å²) in [5, 5.41) is 35.6. The molecule has 1 aromatic heterocycles. The van der Waals surface area contributed by atoms with Crippen LogP contribution in [0, 0.1) is 11.7 Å². The third-order valence-corrected chi connectivity index (χ3v) is 6.14. The van der Waals surface area contributed by atoms with E-state index in [9.17, 15) is 24.5 Å². The number of benzene rings is 1. The molecule has 0 saturated carbocycles. The van der Waals surface area contributed by atoms with Gasteiger partial charge in [0.1, 0.15) is 5.82 Å². The highest BCUT2D eigenvalue weighted by Crippen LogP contribution is 2.39. The summed E-state index contributed by atoms with van der Waals surface area (Å²) in [4.78, 5) is 10.6. The van der Waals surface area contributed by atoms with Crippen molar-refractivity contribution in [2.45, 2.75) is 70.5 Å². The standard InChI is InChI=1S/C24H31FN2O4/c1-3-15(2)20-5-4-6-21-22(12-11-18(28)13-19(29)14-23(30)31)27(26-24(20)21)17-9-7-16(25)8-10-17/h7-12,15,18-20,28-29H,3-6,13-14H2,1-2H3,(H,30,31)/p-1/b12-11+/t15?,18-,19-,20?/m1/s1. The van der Waals surface area contributed by atoms with E-state index in [0.717, 1.165) is 48.3 Å². The molecule has 2 N–H and O–H groups in total. The Morgan fingerprint density at radius 1 is 1.35 bits per heavy atom. The van der Waals surface area contributed by atoms with Gasteiger partial charge in [-0.25, -0.2) is 9.07 Å². The first-order chi connectivity index (χ1) is 14.8. The van der Waals surface area contributed by atoms with E-state index in [-0.39, 0.29) is 12.2 Å². The summed E-state index contributed by atoms with van der Waals surface area (Å²) in [6.45, 7) is 4.40. The molecule has 7 heteroatoms. The number of aliphatic hydroxyl groups excluding tert-OH is 2. The Kier molecular flexibility index (Phi) is 7.62. The first-order valence-corrected chi connectivity index (χ1v) is 10.9. The summed E-state index contributed by atoms with van der Waals surface area (Å²) < 4.78 is 15.2. The number of carbonyl (C=O) groups excluding carboxylic acids is 1. The number of hydrogen-bond donors (Lipinski definition) is 2. The van der Waals surface area contributed by atoms with E-state index < -0.39 is 24.6 Å². The zero-order valence-electron chi connectivity index (χ0n) is 18.0. The fraction of sp³-hybridized carbons (Fsp3) is 0.500. The third kappa shape index (κ3) is 5.60. The Balaban J connectivity index is 1.96. The van der Waals surface area contributed by atoms with E-state index in [2.05, 4.69) is 13.8 Å². The van der Waals surface area contributed by atoms with Crippen LogP contribution in [0.2, 0.25) is 0 Å². The van der Waals surface area contributed by atoms with E-state index in [4.69, 9.17) is 5.10 Å². The van der Waals surface area contributed by atoms with Crippen molar-refractivity contribution in [3.63, 3.8) is 0 Å². The van der Waals surface area contributed by atoms with Gasteiger partial charge >= 0.3 is 0 Å². The summed E-state index contributed by atoms with van der Waals surface area (Å²) in [5.74, 6) is -0.856. The molecular weight excluding hydrogens is 399 g/mol. The van der Waals surface area contributed by atoms with Gasteiger partial charge in [-0.05, 0) is 55.5 Å². The molecule has 31 heavy (non-hydrogen) atoms. The Morgan fingerprint density at radius 2 is 2.06 bits per heavy atom. The van der Waals surface area contributed by atoms with Crippen molar-refractivity contribution in [3.05, 3.63) is 53.1 Å². The van der Waals surface area contributed by atoms with Gasteiger partial charge in [0.05, 0.1) is 29.3 Å². The molecule has 2 aromatic rings. The minimum atomic E-state index is -1.36. The monoisotopic (exact) mass is 429 g/mol. The minimum Gasteiger partial charge on any atom is -0.550 e. The van der Waals surface area contributed by atoms with Crippen molar-refractivity contribution in [2.75, 3.05) is 0 Å². The van der Waals surface area contributed by atoms with Crippen molar-refractivity contribution in [2.24, 2.45) is 5.92 Å². The highest BCUT2D eigenvalue weighted by molar-refractivity contribution is 5.64. The van der Waals surface area contributed by atoms with Gasteiger partial charge in [0.15, 0.2) is 0 Å². The molecule has 0 spiro atoms. The SMILES string of the molecule is CCC(C)C1CCCc2c1nn(-c1ccc(F)cc1)c2/C=C/[C@@H](O)C[C@@H](O)CC(=O)[O-]. The molecule has 4 atom stereocenters. The van der Waals surface area contributed by atoms with Gasteiger partial charge in [0, 0.05) is 30.3 Å². The van der Waals surface area contributed by atoms with Crippen LogP contribution in [0.1, 0.15) is 68.8 Å². The van der Waals surface area contributed by atoms with Crippen LogP contribution in [0.15, 0.2) is 30.3 Å². The second-order valence-corrected chi connectivity index (χ2v) is 8.41. The maximum absolute atomic E-state index is 13.5. The van der Waals surface area contributed by atoms with Crippen molar-refractivity contribution < 1.29 is 24.5 Å². The summed E-state index contributed by atoms with van der Waals surface area (Å²) >= 11 is 0. The van der Waals surface area contributed by atoms with Gasteiger partial charge in [-0.15, -0.1) is 0 Å². The predicted octanol–water partition coefficient (Wildman–Crippen LogP) is 2.74. The molecule has 1 aliphatic rings. The summed E-state index contributed by atoms with van der Waals surface area (Å²) in [7, 11) is 0. The molecule has 1 heterocycles. The Morgan fingerprint density at radius 3 is 2.71 bits per heavy atom. The van der Waals surface area contributed by atoms with Crippen LogP contribution >= 0.6 is 0 Å². The first kappa shape index (κ1) is 23.2. The quantitative estimate of drug-likeness (QED) is 0.639. The fourth-order valence-electron chi connectivity index (χ4n) is 4.29. The molecule has 0 fully saturated rings. The number of nitrogens with zero attached hydrogens (tertiary/aromatic N) is 2. The van der Waals surface area contributed by atoms with Crippen LogP contribution in [0.25, 0.3) is 11.8 Å². The van der Waals surface area contributed by atoms with E-state index in [1.807, 2.05) is 0 Å². The van der Waals surface area contributed by atoms with Crippen LogP contribution < -0.4 is 5.11 Å². The molecule has 0 amide bonds. The van der Waals surface area contributed by atoms with Crippen LogP contribution in [0.5, 0.6) is 0 Å². The Labute approximate surface area is 182 Å². The van der Waals surface area contributed by atoms with Crippen LogP contribution in [-0.2, 0) is 11.2 Å². The number of aliphatic carboxylic acids is 1. The lowest BCUT2D eigenvalue weighted by Crippen LogP contribution is -2.29. The van der Waals surface area contributed by atoms with Crippen molar-refractivity contribution in [1.29, 1.82) is 0 Å². The van der Waals surface area contributed by atoms with E-state index in [1.54, 1.807) is 29.0 Å². The molecule has 2 unspecified atom stereocenters. The van der Waals surface area contributed by atoms with Crippen molar-refractivity contribution in [1.82, 2.24) is 9.78 Å². The number of fused-ring (bicyclic) bond motifs is 1. The molecule has 0 bridgehead atoms. The normalized spacial score (nSPS) is 19.2. The first-order valence-electron chi connectivity index (χ1n) is 10.9. The van der Waals surface area contributed by atoms with Gasteiger partial charge in [-0.2, -0.15) is 5.10 Å². The van der Waals surface area contributed by atoms with Gasteiger partial charge in [-0.3, -0.25) is 0 Å². The largest absolute Gasteiger partial charge is 0.550 e. The van der Waals surface area contributed by atoms with E-state index in [1.165, 1.54) is 12.1 Å². The number of carbonyl (C=O) groups is 1. The van der Waals surface area contributed by atoms with Gasteiger partial charge in [0.2, 0.25) is 0 Å². The molecule has 0 radical (unpaired) electrons. The number of carboxylic acids is 1. The molecule has 1 aromatic carbocycles. The molecule has 0 saturated heterocycles. The number of rotatable bonds is 9. The number of aromatic nitrogens is 2. The smallest absolute Gasteiger partial charge is 0.123 e. The van der Waals surface area contributed by atoms with Gasteiger partial charge in [-0.1, -0.05) is 26.3 Å².